The minimum Gasteiger partial charge on any atom is -0.478 e. The number of nitrogens with zero attached hydrogens (tertiary/aromatic N) is 1. The van der Waals surface area contributed by atoms with Gasteiger partial charge in [-0.15, -0.1) is 0 Å². The zero-order chi connectivity index (χ0) is 21.1. The van der Waals surface area contributed by atoms with E-state index in [2.05, 4.69) is 59.9 Å². The first kappa shape index (κ1) is 22.6. The van der Waals surface area contributed by atoms with Gasteiger partial charge in [-0.2, -0.15) is 0 Å². The van der Waals surface area contributed by atoms with Crippen molar-refractivity contribution in [2.75, 3.05) is 20.1 Å². The van der Waals surface area contributed by atoms with Crippen molar-refractivity contribution in [3.8, 4) is 0 Å². The first-order valence-electron chi connectivity index (χ1n) is 9.31. The van der Waals surface area contributed by atoms with Crippen molar-refractivity contribution in [1.29, 1.82) is 0 Å². The normalized spacial score (nSPS) is 24.5. The summed E-state index contributed by atoms with van der Waals surface area (Å²) in [6.07, 6.45) is 4.24. The smallest absolute Gasteiger partial charge is 0.328 e. The van der Waals surface area contributed by atoms with E-state index >= 15 is 0 Å². The zero-order valence-corrected chi connectivity index (χ0v) is 18.1. The Kier molecular flexibility index (Phi) is 7.07. The predicted molar refractivity (Wildman–Crippen MR) is 110 cm³/mol. The van der Waals surface area contributed by atoms with Crippen molar-refractivity contribution >= 4 is 27.9 Å². The number of hydrogen-bond acceptors (Lipinski definition) is 4. The highest BCUT2D eigenvalue weighted by atomic mass is 79.9. The van der Waals surface area contributed by atoms with Crippen LogP contribution in [0.3, 0.4) is 0 Å². The van der Waals surface area contributed by atoms with Gasteiger partial charge in [0, 0.05) is 27.6 Å². The van der Waals surface area contributed by atoms with Gasteiger partial charge in [-0.3, -0.25) is 0 Å². The number of piperidine rings is 1. The third kappa shape index (κ3) is 4.64. The molecule has 0 bridgehead atoms. The highest BCUT2D eigenvalue weighted by Crippen LogP contribution is 2.57. The lowest BCUT2D eigenvalue weighted by molar-refractivity contribution is -0.134. The van der Waals surface area contributed by atoms with E-state index in [0.29, 0.717) is 18.1 Å². The molecule has 1 aliphatic carbocycles. The van der Waals surface area contributed by atoms with Gasteiger partial charge in [-0.1, -0.05) is 41.9 Å². The van der Waals surface area contributed by atoms with Crippen molar-refractivity contribution < 1.29 is 24.9 Å². The molecule has 6 nitrogen and oxygen atoms in total. The minimum atomic E-state index is -1.26. The minimum absolute atomic E-state index is 0.0974. The largest absolute Gasteiger partial charge is 0.478 e. The maximum atomic E-state index is 11.7. The Hall–Kier alpha value is -1.70. The fourth-order valence-electron chi connectivity index (χ4n) is 4.42. The highest BCUT2D eigenvalue weighted by molar-refractivity contribution is 9.10. The molecule has 3 N–H and O–H groups in total. The topological polar surface area (TPSA) is 98.1 Å². The van der Waals surface area contributed by atoms with E-state index in [1.165, 1.54) is 5.56 Å². The summed E-state index contributed by atoms with van der Waals surface area (Å²) in [5.74, 6) is -2.16. The highest BCUT2D eigenvalue weighted by Gasteiger charge is 2.56. The van der Waals surface area contributed by atoms with E-state index in [9.17, 15) is 14.7 Å². The van der Waals surface area contributed by atoms with E-state index in [-0.39, 0.29) is 5.41 Å². The molecule has 154 valence electrons. The molecule has 7 heteroatoms. The molecule has 0 aromatic heterocycles. The lowest BCUT2D eigenvalue weighted by Gasteiger charge is -2.46. The third-order valence-electron chi connectivity index (χ3n) is 5.82. The van der Waals surface area contributed by atoms with Crippen molar-refractivity contribution in [2.24, 2.45) is 11.3 Å². The third-order valence-corrected chi connectivity index (χ3v) is 6.48. The molecular weight excluding hydrogens is 426 g/mol. The van der Waals surface area contributed by atoms with E-state index in [0.717, 1.165) is 42.4 Å². The number of likely N-dealkylation sites (tertiary alicyclic amines) is 1. The summed E-state index contributed by atoms with van der Waals surface area (Å²) in [5.41, 5.74) is 1.66. The molecule has 1 saturated heterocycles. The lowest BCUT2D eigenvalue weighted by atomic mass is 9.65. The summed E-state index contributed by atoms with van der Waals surface area (Å²) >= 11 is 3.68. The number of carbonyl (C=O) groups is 2. The van der Waals surface area contributed by atoms with E-state index in [4.69, 9.17) is 10.2 Å². The van der Waals surface area contributed by atoms with Gasteiger partial charge in [0.15, 0.2) is 0 Å². The van der Waals surface area contributed by atoms with Crippen LogP contribution in [0.2, 0.25) is 0 Å². The van der Waals surface area contributed by atoms with Gasteiger partial charge in [0.25, 0.3) is 0 Å². The van der Waals surface area contributed by atoms with Crippen LogP contribution < -0.4 is 0 Å². The molecule has 1 aromatic rings. The second-order valence-corrected chi connectivity index (χ2v) is 9.04. The Bertz CT molecular complexity index is 752. The molecule has 1 aromatic carbocycles. The summed E-state index contributed by atoms with van der Waals surface area (Å²) in [7, 11) is 2.17. The molecule has 0 radical (unpaired) electrons. The number of halogens is 1. The molecule has 3 rings (SSSR count). The van der Waals surface area contributed by atoms with Crippen LogP contribution in [0, 0.1) is 11.3 Å². The number of carboxylic acid groups (broad SMARTS) is 2. The fourth-order valence-corrected chi connectivity index (χ4v) is 5.13. The number of hydrogen-bond donors (Lipinski definition) is 3. The van der Waals surface area contributed by atoms with Crippen LogP contribution >= 0.6 is 15.9 Å². The van der Waals surface area contributed by atoms with Gasteiger partial charge in [-0.05, 0) is 56.9 Å². The molecular formula is C21H28BrNO5. The number of aliphatic carboxylic acids is 2. The quantitative estimate of drug-likeness (QED) is 0.607. The number of aliphatic hydroxyl groups is 1. The second-order valence-electron chi connectivity index (χ2n) is 8.19. The van der Waals surface area contributed by atoms with Crippen molar-refractivity contribution in [3.63, 3.8) is 0 Å². The number of rotatable bonds is 3. The zero-order valence-electron chi connectivity index (χ0n) is 16.5. The van der Waals surface area contributed by atoms with Gasteiger partial charge in [-0.25, -0.2) is 9.59 Å². The average molecular weight is 454 g/mol. The molecule has 0 amide bonds. The van der Waals surface area contributed by atoms with E-state index in [1.807, 2.05) is 0 Å². The Labute approximate surface area is 174 Å². The fraction of sp³-hybridized carbons (Fsp3) is 0.524. The van der Waals surface area contributed by atoms with Gasteiger partial charge >= 0.3 is 11.9 Å². The molecule has 0 saturated carbocycles. The van der Waals surface area contributed by atoms with Crippen LogP contribution in [0.5, 0.6) is 0 Å². The summed E-state index contributed by atoms with van der Waals surface area (Å²) in [6.45, 7) is 6.61. The van der Waals surface area contributed by atoms with Crippen LogP contribution in [-0.2, 0) is 21.6 Å². The number of benzene rings is 1. The van der Waals surface area contributed by atoms with E-state index < -0.39 is 17.5 Å². The molecule has 2 aliphatic rings. The van der Waals surface area contributed by atoms with Gasteiger partial charge < -0.3 is 20.2 Å². The van der Waals surface area contributed by atoms with Crippen LogP contribution in [0.25, 0.3) is 0 Å². The second kappa shape index (κ2) is 8.76. The van der Waals surface area contributed by atoms with Crippen molar-refractivity contribution in [2.45, 2.75) is 38.7 Å². The Morgan fingerprint density at radius 3 is 2.18 bits per heavy atom. The first-order chi connectivity index (χ1) is 13.0. The number of fused-ring (bicyclic) bond motifs is 1. The van der Waals surface area contributed by atoms with Gasteiger partial charge in [0.05, 0.1) is 5.60 Å². The molecule has 1 aliphatic heterocycles. The van der Waals surface area contributed by atoms with Gasteiger partial charge in [0.1, 0.15) is 0 Å². The van der Waals surface area contributed by atoms with Crippen LogP contribution in [0.4, 0.5) is 0 Å². The summed E-state index contributed by atoms with van der Waals surface area (Å²) in [5, 5.41) is 27.3. The summed E-state index contributed by atoms with van der Waals surface area (Å²) < 4.78 is 1.07. The van der Waals surface area contributed by atoms with E-state index in [1.54, 1.807) is 0 Å². The molecule has 0 spiro atoms. The molecule has 1 unspecified atom stereocenters. The van der Waals surface area contributed by atoms with Crippen LogP contribution in [0.15, 0.2) is 34.8 Å². The summed E-state index contributed by atoms with van der Waals surface area (Å²) in [6, 6.07) is 6.33. The first-order valence-corrected chi connectivity index (χ1v) is 10.1. The SMILES string of the molecule is CN1CCC(C2(O)c3c(Br)cccc3CC2(C)C)CC1.O=C(O)/C=C/C(=O)O. The maximum absolute atomic E-state index is 11.7. The van der Waals surface area contributed by atoms with Crippen LogP contribution in [-0.4, -0.2) is 52.3 Å². The van der Waals surface area contributed by atoms with Crippen molar-refractivity contribution in [1.82, 2.24) is 4.90 Å². The number of carboxylic acids is 2. The Morgan fingerprint density at radius 1 is 1.14 bits per heavy atom. The molecule has 1 fully saturated rings. The van der Waals surface area contributed by atoms with Crippen molar-refractivity contribution in [3.05, 3.63) is 46.0 Å². The van der Waals surface area contributed by atoms with Gasteiger partial charge in [0.2, 0.25) is 0 Å². The molecule has 28 heavy (non-hydrogen) atoms. The molecule has 1 atom stereocenters. The predicted octanol–water partition coefficient (Wildman–Crippen LogP) is 3.27. The lowest BCUT2D eigenvalue weighted by Crippen LogP contribution is -2.49. The average Bonchev–Trinajstić information content (AvgIpc) is 2.82. The van der Waals surface area contributed by atoms with Crippen LogP contribution in [0.1, 0.15) is 37.8 Å². The Morgan fingerprint density at radius 2 is 1.68 bits per heavy atom. The summed E-state index contributed by atoms with van der Waals surface area (Å²) in [4.78, 5) is 21.5. The maximum Gasteiger partial charge on any atom is 0.328 e. The standard InChI is InChI=1S/C17H24BrNO.C4H4O4/c1-16(2)11-12-5-4-6-14(18)15(12)17(16,20)13-7-9-19(3)10-8-13;5-3(6)1-2-4(7)8/h4-6,13,20H,7-11H2,1-3H3;1-2H,(H,5,6)(H,7,8)/b;2-1+. The molecule has 1 heterocycles. The Balaban J connectivity index is 0.000000300. The monoisotopic (exact) mass is 453 g/mol.